The van der Waals surface area contributed by atoms with Crippen LogP contribution in [0.1, 0.15) is 15.9 Å². The number of aliphatic carboxylic acids is 1. The molecule has 1 aliphatic heterocycles. The molecular weight excluding hydrogens is 257 g/mol. The molecule has 96 valence electrons. The van der Waals surface area contributed by atoms with E-state index in [1.165, 1.54) is 0 Å². The number of alkyl halides is 3. The normalized spacial score (nSPS) is 13.5. The molecule has 0 saturated heterocycles. The Morgan fingerprint density at radius 1 is 1.22 bits per heavy atom. The highest BCUT2D eigenvalue weighted by Crippen LogP contribution is 2.43. The molecule has 0 radical (unpaired) electrons. The van der Waals surface area contributed by atoms with Crippen molar-refractivity contribution in [3.8, 4) is 11.5 Å². The summed E-state index contributed by atoms with van der Waals surface area (Å²) in [6, 6.07) is 1.56. The fraction of sp³-hybridized carbons (Fsp3) is 0.200. The van der Waals surface area contributed by atoms with E-state index in [9.17, 15) is 22.8 Å². The Hall–Kier alpha value is -2.25. The molecule has 0 aromatic heterocycles. The van der Waals surface area contributed by atoms with Crippen LogP contribution in [0.25, 0.3) is 0 Å². The topological polar surface area (TPSA) is 72.8 Å². The minimum absolute atomic E-state index is 0.0902. The van der Waals surface area contributed by atoms with Gasteiger partial charge in [0.25, 0.3) is 5.78 Å². The van der Waals surface area contributed by atoms with Gasteiger partial charge in [-0.2, -0.15) is 13.2 Å². The number of halogens is 3. The molecule has 0 bridgehead atoms. The van der Waals surface area contributed by atoms with Crippen LogP contribution in [-0.4, -0.2) is 23.7 Å². The second kappa shape index (κ2) is 3.90. The number of fused-ring (bicyclic) bond motifs is 1. The minimum atomic E-state index is -4.86. The quantitative estimate of drug-likeness (QED) is 0.648. The fourth-order valence-corrected chi connectivity index (χ4v) is 1.54. The van der Waals surface area contributed by atoms with Crippen molar-refractivity contribution in [2.24, 2.45) is 0 Å². The molecule has 8 heteroatoms. The van der Waals surface area contributed by atoms with Gasteiger partial charge in [0, 0.05) is 0 Å². The van der Waals surface area contributed by atoms with Crippen molar-refractivity contribution in [1.29, 1.82) is 0 Å². The third-order valence-corrected chi connectivity index (χ3v) is 2.27. The fourth-order valence-electron chi connectivity index (χ4n) is 1.54. The number of ketones is 1. The van der Waals surface area contributed by atoms with Crippen LogP contribution in [0.3, 0.4) is 0 Å². The van der Waals surface area contributed by atoms with Gasteiger partial charge in [-0.1, -0.05) is 0 Å². The molecule has 0 atom stereocenters. The zero-order valence-electron chi connectivity index (χ0n) is 8.58. The number of carbonyl (C=O) groups is 2. The van der Waals surface area contributed by atoms with E-state index in [1.807, 2.05) is 0 Å². The highest BCUT2D eigenvalue weighted by atomic mass is 19.4. The van der Waals surface area contributed by atoms with E-state index in [0.717, 1.165) is 6.07 Å². The summed E-state index contributed by atoms with van der Waals surface area (Å²) >= 11 is 0. The number of rotatable bonds is 2. The number of carboxylic acid groups (broad SMARTS) is 1. The molecular formula is C10H5F3O5. The molecule has 5 nitrogen and oxygen atoms in total. The van der Waals surface area contributed by atoms with Gasteiger partial charge in [-0.05, 0) is 12.1 Å². The second-order valence-corrected chi connectivity index (χ2v) is 3.35. The molecule has 18 heavy (non-hydrogen) atoms. The van der Waals surface area contributed by atoms with E-state index in [4.69, 9.17) is 14.6 Å². The van der Waals surface area contributed by atoms with Crippen LogP contribution in [0.5, 0.6) is 11.5 Å². The standard InChI is InChI=1S/C10H5F3O5/c11-10(12,13)4-1-2-5-8(18-3-17-5)6(4)7(14)9(15)16/h1-2H,3H2,(H,15,16). The summed E-state index contributed by atoms with van der Waals surface area (Å²) in [5.74, 6) is -4.26. The number of ether oxygens (including phenoxy) is 2. The number of Topliss-reactive ketones (excluding diaryl/α,β-unsaturated/α-hetero) is 1. The first-order chi connectivity index (χ1) is 8.32. The lowest BCUT2D eigenvalue weighted by Gasteiger charge is -2.12. The summed E-state index contributed by atoms with van der Waals surface area (Å²) in [5.41, 5.74) is -2.40. The maximum absolute atomic E-state index is 12.7. The average Bonchev–Trinajstić information content (AvgIpc) is 2.72. The van der Waals surface area contributed by atoms with E-state index < -0.39 is 34.8 Å². The number of carbonyl (C=O) groups excluding carboxylic acids is 1. The van der Waals surface area contributed by atoms with Gasteiger partial charge in [-0.25, -0.2) is 4.79 Å². The van der Waals surface area contributed by atoms with Crippen LogP contribution >= 0.6 is 0 Å². The molecule has 0 aliphatic carbocycles. The maximum Gasteiger partial charge on any atom is 0.417 e. The van der Waals surface area contributed by atoms with Gasteiger partial charge < -0.3 is 14.6 Å². The van der Waals surface area contributed by atoms with Crippen molar-refractivity contribution in [2.45, 2.75) is 6.18 Å². The first-order valence-electron chi connectivity index (χ1n) is 4.60. The number of hydrogen-bond acceptors (Lipinski definition) is 4. The van der Waals surface area contributed by atoms with Crippen molar-refractivity contribution < 1.29 is 37.3 Å². The molecule has 1 aromatic carbocycles. The van der Waals surface area contributed by atoms with E-state index in [0.29, 0.717) is 6.07 Å². The molecule has 1 N–H and O–H groups in total. The second-order valence-electron chi connectivity index (χ2n) is 3.35. The van der Waals surface area contributed by atoms with Gasteiger partial charge in [-0.15, -0.1) is 0 Å². The summed E-state index contributed by atoms with van der Waals surface area (Å²) in [6.07, 6.45) is -4.86. The smallest absolute Gasteiger partial charge is 0.417 e. The third kappa shape index (κ3) is 1.85. The zero-order valence-corrected chi connectivity index (χ0v) is 8.58. The van der Waals surface area contributed by atoms with Crippen molar-refractivity contribution in [3.05, 3.63) is 23.3 Å². The summed E-state index contributed by atoms with van der Waals surface area (Å²) in [7, 11) is 0. The summed E-state index contributed by atoms with van der Waals surface area (Å²) < 4.78 is 47.6. The van der Waals surface area contributed by atoms with Gasteiger partial charge in [-0.3, -0.25) is 4.79 Å². The van der Waals surface area contributed by atoms with Gasteiger partial charge in [0.15, 0.2) is 11.5 Å². The largest absolute Gasteiger partial charge is 0.475 e. The lowest BCUT2D eigenvalue weighted by Crippen LogP contribution is -2.19. The lowest BCUT2D eigenvalue weighted by atomic mass is 10.0. The predicted molar refractivity (Wildman–Crippen MR) is 49.5 cm³/mol. The molecule has 2 rings (SSSR count). The van der Waals surface area contributed by atoms with Gasteiger partial charge in [0.2, 0.25) is 6.79 Å². The summed E-state index contributed by atoms with van der Waals surface area (Å²) in [4.78, 5) is 21.9. The van der Waals surface area contributed by atoms with Crippen molar-refractivity contribution >= 4 is 11.8 Å². The molecule has 0 saturated carbocycles. The summed E-state index contributed by atoms with van der Waals surface area (Å²) in [5, 5.41) is 8.54. The van der Waals surface area contributed by atoms with E-state index in [-0.39, 0.29) is 12.5 Å². The number of benzene rings is 1. The summed E-state index contributed by atoms with van der Waals surface area (Å²) in [6.45, 7) is -0.365. The van der Waals surface area contributed by atoms with Gasteiger partial charge in [0.05, 0.1) is 11.1 Å². The number of carboxylic acids is 1. The highest BCUT2D eigenvalue weighted by molar-refractivity contribution is 6.41. The first kappa shape index (κ1) is 12.2. The third-order valence-electron chi connectivity index (χ3n) is 2.27. The maximum atomic E-state index is 12.7. The number of hydrogen-bond donors (Lipinski definition) is 1. The predicted octanol–water partition coefficient (Wildman–Crippen LogP) is 1.70. The Labute approximate surface area is 97.7 Å². The highest BCUT2D eigenvalue weighted by Gasteiger charge is 2.40. The molecule has 1 aliphatic rings. The minimum Gasteiger partial charge on any atom is -0.475 e. The molecule has 0 spiro atoms. The van der Waals surface area contributed by atoms with Crippen molar-refractivity contribution in [3.63, 3.8) is 0 Å². The van der Waals surface area contributed by atoms with Crippen LogP contribution < -0.4 is 9.47 Å². The average molecular weight is 262 g/mol. The molecule has 0 amide bonds. The molecule has 0 unspecified atom stereocenters. The Kier molecular flexibility index (Phi) is 2.64. The van der Waals surface area contributed by atoms with Crippen LogP contribution in [-0.2, 0) is 11.0 Å². The lowest BCUT2D eigenvalue weighted by molar-refractivity contribution is -0.138. The van der Waals surface area contributed by atoms with Gasteiger partial charge >= 0.3 is 12.1 Å². The molecule has 0 fully saturated rings. The van der Waals surface area contributed by atoms with Crippen LogP contribution in [0, 0.1) is 0 Å². The monoisotopic (exact) mass is 262 g/mol. The first-order valence-corrected chi connectivity index (χ1v) is 4.60. The Morgan fingerprint density at radius 3 is 2.44 bits per heavy atom. The van der Waals surface area contributed by atoms with Crippen LogP contribution in [0.4, 0.5) is 13.2 Å². The van der Waals surface area contributed by atoms with Crippen LogP contribution in [0.2, 0.25) is 0 Å². The molecule has 1 aromatic rings. The van der Waals surface area contributed by atoms with Gasteiger partial charge in [0.1, 0.15) is 0 Å². The Bertz CT molecular complexity index is 535. The SMILES string of the molecule is O=C(O)C(=O)c1c(C(F)(F)F)ccc2c1OCO2. The Morgan fingerprint density at radius 2 is 1.89 bits per heavy atom. The Balaban J connectivity index is 2.69. The van der Waals surface area contributed by atoms with E-state index in [2.05, 4.69) is 0 Å². The van der Waals surface area contributed by atoms with E-state index in [1.54, 1.807) is 0 Å². The zero-order chi connectivity index (χ0) is 13.5. The molecule has 1 heterocycles. The van der Waals surface area contributed by atoms with Crippen molar-refractivity contribution in [1.82, 2.24) is 0 Å². The van der Waals surface area contributed by atoms with Crippen molar-refractivity contribution in [2.75, 3.05) is 6.79 Å². The van der Waals surface area contributed by atoms with Crippen LogP contribution in [0.15, 0.2) is 12.1 Å². The van der Waals surface area contributed by atoms with E-state index >= 15 is 0 Å².